The summed E-state index contributed by atoms with van der Waals surface area (Å²) in [6.45, 7) is 0. The molecule has 0 radical (unpaired) electrons. The smallest absolute Gasteiger partial charge is 0.255 e. The average Bonchev–Trinajstić information content (AvgIpc) is 2.49. The zero-order chi connectivity index (χ0) is 15.4. The van der Waals surface area contributed by atoms with Gasteiger partial charge in [0.15, 0.2) is 11.6 Å². The van der Waals surface area contributed by atoms with Crippen molar-refractivity contribution in [3.63, 3.8) is 0 Å². The van der Waals surface area contributed by atoms with Gasteiger partial charge >= 0.3 is 0 Å². The first-order valence-electron chi connectivity index (χ1n) is 5.89. The number of anilines is 1. The summed E-state index contributed by atoms with van der Waals surface area (Å²) in [6.07, 6.45) is 0. The van der Waals surface area contributed by atoms with Crippen LogP contribution in [0.3, 0.4) is 0 Å². The number of carbonyl (C=O) groups excluding carboxylic acids is 1. The number of rotatable bonds is 3. The third-order valence-electron chi connectivity index (χ3n) is 2.76. The molecule has 1 amide bonds. The Morgan fingerprint density at radius 1 is 1.33 bits per heavy atom. The highest BCUT2D eigenvalue weighted by Gasteiger charge is 2.12. The second kappa shape index (κ2) is 6.37. The lowest BCUT2D eigenvalue weighted by Crippen LogP contribution is -2.12. The van der Waals surface area contributed by atoms with E-state index < -0.39 is 11.7 Å². The fraction of sp³-hybridized carbons (Fsp3) is 0.0667. The number of methoxy groups -OCH3 is 1. The molecule has 0 heterocycles. The Hall–Kier alpha value is -2.39. The van der Waals surface area contributed by atoms with Crippen LogP contribution in [0.1, 0.15) is 15.9 Å². The lowest BCUT2D eigenvalue weighted by molar-refractivity contribution is 0.102. The molecule has 0 saturated carbocycles. The molecule has 4 nitrogen and oxygen atoms in total. The van der Waals surface area contributed by atoms with E-state index in [0.29, 0.717) is 15.7 Å². The van der Waals surface area contributed by atoms with Gasteiger partial charge in [-0.15, -0.1) is 0 Å². The summed E-state index contributed by atoms with van der Waals surface area (Å²) in [7, 11) is 1.33. The molecule has 21 heavy (non-hydrogen) atoms. The lowest BCUT2D eigenvalue weighted by atomic mass is 10.1. The highest BCUT2D eigenvalue weighted by molar-refractivity contribution is 9.10. The zero-order valence-electron chi connectivity index (χ0n) is 11.0. The van der Waals surface area contributed by atoms with Crippen LogP contribution in [0.15, 0.2) is 40.9 Å². The minimum atomic E-state index is -0.534. The molecule has 1 N–H and O–H groups in total. The first-order chi connectivity index (χ1) is 10.0. The van der Waals surface area contributed by atoms with Gasteiger partial charge in [-0.2, -0.15) is 5.26 Å². The summed E-state index contributed by atoms with van der Waals surface area (Å²) in [5.41, 5.74) is 1.26. The van der Waals surface area contributed by atoms with Crippen molar-refractivity contribution >= 4 is 27.5 Å². The Morgan fingerprint density at radius 3 is 2.71 bits per heavy atom. The predicted octanol–water partition coefficient (Wildman–Crippen LogP) is 3.72. The van der Waals surface area contributed by atoms with Gasteiger partial charge in [0.1, 0.15) is 0 Å². The summed E-state index contributed by atoms with van der Waals surface area (Å²) in [5.74, 6) is -0.936. The number of nitriles is 1. The molecule has 0 bridgehead atoms. The van der Waals surface area contributed by atoms with Gasteiger partial charge in [-0.3, -0.25) is 4.79 Å². The molecule has 0 aliphatic carbocycles. The maximum atomic E-state index is 13.3. The number of nitrogens with zero attached hydrogens (tertiary/aromatic N) is 1. The largest absolute Gasteiger partial charge is 0.494 e. The lowest BCUT2D eigenvalue weighted by Gasteiger charge is -2.09. The molecular weight excluding hydrogens is 339 g/mol. The van der Waals surface area contributed by atoms with Gasteiger partial charge in [0, 0.05) is 10.0 Å². The van der Waals surface area contributed by atoms with E-state index in [1.807, 2.05) is 6.07 Å². The SMILES string of the molecule is COc1cc(C(=O)Nc2ccc(C#N)cc2Br)ccc1F. The zero-order valence-corrected chi connectivity index (χ0v) is 12.6. The molecule has 0 aromatic heterocycles. The van der Waals surface area contributed by atoms with Crippen molar-refractivity contribution in [3.05, 3.63) is 57.8 Å². The van der Waals surface area contributed by atoms with Crippen molar-refractivity contribution in [1.29, 1.82) is 5.26 Å². The predicted molar refractivity (Wildman–Crippen MR) is 79.8 cm³/mol. The highest BCUT2D eigenvalue weighted by Crippen LogP contribution is 2.25. The van der Waals surface area contributed by atoms with E-state index in [0.717, 1.165) is 0 Å². The fourth-order valence-corrected chi connectivity index (χ4v) is 2.16. The first kappa shape index (κ1) is 15.0. The standard InChI is InChI=1S/C15H10BrFN2O2/c1-21-14-7-10(3-4-12(14)17)15(20)19-13-5-2-9(8-18)6-11(13)16/h2-7H,1H3,(H,19,20). The number of amides is 1. The number of hydrogen-bond donors (Lipinski definition) is 1. The fourth-order valence-electron chi connectivity index (χ4n) is 1.68. The van der Waals surface area contributed by atoms with E-state index >= 15 is 0 Å². The summed E-state index contributed by atoms with van der Waals surface area (Å²) >= 11 is 3.28. The Labute approximate surface area is 129 Å². The minimum absolute atomic E-state index is 0.00143. The number of carbonyl (C=O) groups is 1. The number of nitrogens with one attached hydrogen (secondary N) is 1. The van der Waals surface area contributed by atoms with Crippen molar-refractivity contribution in [2.24, 2.45) is 0 Å². The van der Waals surface area contributed by atoms with Crippen molar-refractivity contribution in [3.8, 4) is 11.8 Å². The van der Waals surface area contributed by atoms with E-state index in [4.69, 9.17) is 10.00 Å². The molecule has 0 aliphatic heterocycles. The van der Waals surface area contributed by atoms with Gasteiger partial charge < -0.3 is 10.1 Å². The van der Waals surface area contributed by atoms with Crippen LogP contribution in [-0.2, 0) is 0 Å². The summed E-state index contributed by atoms with van der Waals surface area (Å²) in [4.78, 5) is 12.1. The van der Waals surface area contributed by atoms with E-state index in [-0.39, 0.29) is 11.3 Å². The summed E-state index contributed by atoms with van der Waals surface area (Å²) < 4.78 is 18.7. The van der Waals surface area contributed by atoms with E-state index in [1.165, 1.54) is 25.3 Å². The topological polar surface area (TPSA) is 62.1 Å². The number of ether oxygens (including phenoxy) is 1. The molecule has 6 heteroatoms. The van der Waals surface area contributed by atoms with Crippen LogP contribution in [0.25, 0.3) is 0 Å². The van der Waals surface area contributed by atoms with Crippen molar-refractivity contribution < 1.29 is 13.9 Å². The van der Waals surface area contributed by atoms with Crippen molar-refractivity contribution in [2.75, 3.05) is 12.4 Å². The molecule has 2 aromatic carbocycles. The Bertz CT molecular complexity index is 741. The van der Waals surface area contributed by atoms with Gasteiger partial charge in [-0.05, 0) is 52.3 Å². The molecule has 0 saturated heterocycles. The first-order valence-corrected chi connectivity index (χ1v) is 6.69. The number of benzene rings is 2. The highest BCUT2D eigenvalue weighted by atomic mass is 79.9. The van der Waals surface area contributed by atoms with Crippen LogP contribution in [-0.4, -0.2) is 13.0 Å². The maximum Gasteiger partial charge on any atom is 0.255 e. The van der Waals surface area contributed by atoms with Crippen LogP contribution in [0.4, 0.5) is 10.1 Å². The maximum absolute atomic E-state index is 13.3. The van der Waals surface area contributed by atoms with Gasteiger partial charge in [0.05, 0.1) is 24.4 Å². The molecule has 0 fully saturated rings. The van der Waals surface area contributed by atoms with Crippen LogP contribution in [0.5, 0.6) is 5.75 Å². The molecule has 2 rings (SSSR count). The Balaban J connectivity index is 2.24. The third kappa shape index (κ3) is 3.38. The van der Waals surface area contributed by atoms with E-state index in [9.17, 15) is 9.18 Å². The minimum Gasteiger partial charge on any atom is -0.494 e. The molecule has 0 spiro atoms. The van der Waals surface area contributed by atoms with Crippen molar-refractivity contribution in [1.82, 2.24) is 0 Å². The molecular formula is C15H10BrFN2O2. The van der Waals surface area contributed by atoms with Gasteiger partial charge in [-0.25, -0.2) is 4.39 Å². The van der Waals surface area contributed by atoms with Gasteiger partial charge in [-0.1, -0.05) is 0 Å². The van der Waals surface area contributed by atoms with Gasteiger partial charge in [0.25, 0.3) is 5.91 Å². The number of hydrogen-bond acceptors (Lipinski definition) is 3. The van der Waals surface area contributed by atoms with Crippen LogP contribution < -0.4 is 10.1 Å². The second-order valence-electron chi connectivity index (χ2n) is 4.11. The molecule has 106 valence electrons. The average molecular weight is 349 g/mol. The van der Waals surface area contributed by atoms with Gasteiger partial charge in [0.2, 0.25) is 0 Å². The quantitative estimate of drug-likeness (QED) is 0.919. The van der Waals surface area contributed by atoms with Crippen LogP contribution >= 0.6 is 15.9 Å². The van der Waals surface area contributed by atoms with Crippen LogP contribution in [0.2, 0.25) is 0 Å². The third-order valence-corrected chi connectivity index (χ3v) is 3.42. The Kier molecular flexibility index (Phi) is 4.55. The summed E-state index contributed by atoms with van der Waals surface area (Å²) in [6, 6.07) is 10.7. The molecule has 2 aromatic rings. The molecule has 0 aliphatic rings. The monoisotopic (exact) mass is 348 g/mol. The molecule has 0 atom stereocenters. The summed E-state index contributed by atoms with van der Waals surface area (Å²) in [5, 5.41) is 11.5. The van der Waals surface area contributed by atoms with E-state index in [1.54, 1.807) is 18.2 Å². The Morgan fingerprint density at radius 2 is 2.10 bits per heavy atom. The number of halogens is 2. The van der Waals surface area contributed by atoms with Crippen LogP contribution in [0, 0.1) is 17.1 Å². The molecule has 0 unspecified atom stereocenters. The normalized spacial score (nSPS) is 9.81. The second-order valence-corrected chi connectivity index (χ2v) is 4.96. The van der Waals surface area contributed by atoms with Crippen molar-refractivity contribution in [2.45, 2.75) is 0 Å². The van der Waals surface area contributed by atoms with E-state index in [2.05, 4.69) is 21.2 Å².